The van der Waals surface area contributed by atoms with Crippen molar-refractivity contribution in [2.24, 2.45) is 11.8 Å². The van der Waals surface area contributed by atoms with E-state index in [9.17, 15) is 9.59 Å². The average molecular weight is 230 g/mol. The van der Waals surface area contributed by atoms with Crippen LogP contribution in [0.1, 0.15) is 13.3 Å². The first-order chi connectivity index (χ1) is 7.52. The normalized spacial score (nSPS) is 26.4. The van der Waals surface area contributed by atoms with Crippen LogP contribution < -0.4 is 10.6 Å². The molecule has 1 saturated heterocycles. The average Bonchev–Trinajstić information content (AvgIpc) is 2.64. The van der Waals surface area contributed by atoms with Gasteiger partial charge >= 0.3 is 5.97 Å². The molecule has 1 amide bonds. The van der Waals surface area contributed by atoms with E-state index >= 15 is 0 Å². The van der Waals surface area contributed by atoms with Crippen LogP contribution in [0.5, 0.6) is 0 Å². The van der Waals surface area contributed by atoms with Crippen molar-refractivity contribution in [1.82, 2.24) is 10.6 Å². The van der Waals surface area contributed by atoms with Crippen molar-refractivity contribution >= 4 is 11.9 Å². The summed E-state index contributed by atoms with van der Waals surface area (Å²) in [5.74, 6) is -1.09. The fourth-order valence-electron chi connectivity index (χ4n) is 1.75. The van der Waals surface area contributed by atoms with Crippen molar-refractivity contribution in [3.05, 3.63) is 0 Å². The van der Waals surface area contributed by atoms with Crippen LogP contribution >= 0.6 is 0 Å². The van der Waals surface area contributed by atoms with E-state index in [0.29, 0.717) is 12.5 Å². The highest BCUT2D eigenvalue weighted by atomic mass is 16.4. The lowest BCUT2D eigenvalue weighted by Crippen LogP contribution is -2.36. The van der Waals surface area contributed by atoms with Gasteiger partial charge in [-0.1, -0.05) is 6.92 Å². The van der Waals surface area contributed by atoms with Gasteiger partial charge in [-0.3, -0.25) is 4.79 Å². The number of rotatable bonds is 5. The van der Waals surface area contributed by atoms with Crippen LogP contribution in [0.3, 0.4) is 0 Å². The van der Waals surface area contributed by atoms with Crippen molar-refractivity contribution in [3.8, 4) is 0 Å². The van der Waals surface area contributed by atoms with Crippen molar-refractivity contribution in [2.75, 3.05) is 19.6 Å². The highest BCUT2D eigenvalue weighted by Gasteiger charge is 2.29. The molecule has 0 aromatic rings. The van der Waals surface area contributed by atoms with Gasteiger partial charge < -0.3 is 20.8 Å². The van der Waals surface area contributed by atoms with E-state index in [1.165, 1.54) is 0 Å². The van der Waals surface area contributed by atoms with Gasteiger partial charge in [-0.25, -0.2) is 4.79 Å². The number of aliphatic hydroxyl groups excluding tert-OH is 1. The maximum Gasteiger partial charge on any atom is 0.332 e. The largest absolute Gasteiger partial charge is 0.479 e. The van der Waals surface area contributed by atoms with Gasteiger partial charge in [0.2, 0.25) is 5.91 Å². The number of hydrogen-bond acceptors (Lipinski definition) is 4. The van der Waals surface area contributed by atoms with Crippen LogP contribution in [0.4, 0.5) is 0 Å². The van der Waals surface area contributed by atoms with Gasteiger partial charge in [0.05, 0.1) is 5.92 Å². The standard InChI is InChI=1S/C10H18N2O4/c1-6-4-11-5-7(6)9(14)12-3-2-8(13)10(15)16/h6-8,11,13H,2-5H2,1H3,(H,12,14)(H,15,16)/t6-,7-,8?/m1/s1. The number of nitrogens with one attached hydrogen (secondary N) is 2. The molecule has 1 rings (SSSR count). The molecule has 0 saturated carbocycles. The van der Waals surface area contributed by atoms with Crippen molar-refractivity contribution < 1.29 is 19.8 Å². The van der Waals surface area contributed by atoms with E-state index in [1.807, 2.05) is 6.92 Å². The Morgan fingerprint density at radius 3 is 2.69 bits per heavy atom. The maximum absolute atomic E-state index is 11.6. The summed E-state index contributed by atoms with van der Waals surface area (Å²) in [6, 6.07) is 0. The molecule has 0 aromatic carbocycles. The lowest BCUT2D eigenvalue weighted by molar-refractivity contribution is -0.147. The predicted molar refractivity (Wildman–Crippen MR) is 56.8 cm³/mol. The molecular weight excluding hydrogens is 212 g/mol. The number of carbonyl (C=O) groups is 2. The molecule has 0 aliphatic carbocycles. The topological polar surface area (TPSA) is 98.7 Å². The Labute approximate surface area is 94.0 Å². The molecule has 16 heavy (non-hydrogen) atoms. The van der Waals surface area contributed by atoms with Crippen LogP contribution in [0.15, 0.2) is 0 Å². The molecule has 1 aliphatic heterocycles. The van der Waals surface area contributed by atoms with Crippen molar-refractivity contribution in [1.29, 1.82) is 0 Å². The number of carboxylic acid groups (broad SMARTS) is 1. The van der Waals surface area contributed by atoms with Gasteiger partial charge in [-0.2, -0.15) is 0 Å². The summed E-state index contributed by atoms with van der Waals surface area (Å²) < 4.78 is 0. The van der Waals surface area contributed by atoms with Gasteiger partial charge in [-0.15, -0.1) is 0 Å². The molecule has 1 fully saturated rings. The zero-order chi connectivity index (χ0) is 12.1. The third-order valence-electron chi connectivity index (χ3n) is 2.86. The lowest BCUT2D eigenvalue weighted by atomic mass is 9.97. The molecule has 6 heteroatoms. The van der Waals surface area contributed by atoms with E-state index in [0.717, 1.165) is 6.54 Å². The Morgan fingerprint density at radius 1 is 1.50 bits per heavy atom. The molecule has 1 aliphatic rings. The quantitative estimate of drug-likeness (QED) is 0.475. The second-order valence-electron chi connectivity index (χ2n) is 4.18. The van der Waals surface area contributed by atoms with E-state index < -0.39 is 12.1 Å². The summed E-state index contributed by atoms with van der Waals surface area (Å²) >= 11 is 0. The number of carboxylic acids is 1. The molecule has 0 aromatic heterocycles. The zero-order valence-corrected chi connectivity index (χ0v) is 9.27. The Morgan fingerprint density at radius 2 is 2.19 bits per heavy atom. The number of aliphatic carboxylic acids is 1. The van der Waals surface area contributed by atoms with Crippen LogP contribution in [-0.2, 0) is 9.59 Å². The molecule has 6 nitrogen and oxygen atoms in total. The van der Waals surface area contributed by atoms with Crippen molar-refractivity contribution in [3.63, 3.8) is 0 Å². The minimum Gasteiger partial charge on any atom is -0.479 e. The van der Waals surface area contributed by atoms with Gasteiger partial charge in [0, 0.05) is 19.5 Å². The van der Waals surface area contributed by atoms with E-state index in [4.69, 9.17) is 10.2 Å². The summed E-state index contributed by atoms with van der Waals surface area (Å²) in [6.07, 6.45) is -1.37. The van der Waals surface area contributed by atoms with Gasteiger partial charge in [0.25, 0.3) is 0 Å². The molecule has 0 spiro atoms. The Bertz CT molecular complexity index is 270. The second-order valence-corrected chi connectivity index (χ2v) is 4.18. The first kappa shape index (κ1) is 12.9. The monoisotopic (exact) mass is 230 g/mol. The number of carbonyl (C=O) groups excluding carboxylic acids is 1. The first-order valence-corrected chi connectivity index (χ1v) is 5.41. The second kappa shape index (κ2) is 5.81. The Hall–Kier alpha value is -1.14. The van der Waals surface area contributed by atoms with E-state index in [-0.39, 0.29) is 24.8 Å². The van der Waals surface area contributed by atoms with Crippen LogP contribution in [0, 0.1) is 11.8 Å². The number of aliphatic hydroxyl groups is 1. The van der Waals surface area contributed by atoms with Gasteiger partial charge in [0.1, 0.15) is 0 Å². The lowest BCUT2D eigenvalue weighted by Gasteiger charge is -2.14. The van der Waals surface area contributed by atoms with E-state index in [1.54, 1.807) is 0 Å². The molecule has 4 N–H and O–H groups in total. The smallest absolute Gasteiger partial charge is 0.332 e. The Kier molecular flexibility index (Phi) is 4.70. The summed E-state index contributed by atoms with van der Waals surface area (Å²) in [7, 11) is 0. The molecule has 92 valence electrons. The fourth-order valence-corrected chi connectivity index (χ4v) is 1.75. The van der Waals surface area contributed by atoms with Crippen LogP contribution in [-0.4, -0.2) is 47.8 Å². The van der Waals surface area contributed by atoms with E-state index in [2.05, 4.69) is 10.6 Å². The maximum atomic E-state index is 11.6. The minimum absolute atomic E-state index is 0.0373. The van der Waals surface area contributed by atoms with Crippen LogP contribution in [0.25, 0.3) is 0 Å². The Balaban J connectivity index is 2.22. The molecular formula is C10H18N2O4. The molecule has 0 radical (unpaired) electrons. The molecule has 0 bridgehead atoms. The zero-order valence-electron chi connectivity index (χ0n) is 9.27. The van der Waals surface area contributed by atoms with Gasteiger partial charge in [-0.05, 0) is 12.5 Å². The van der Waals surface area contributed by atoms with Crippen molar-refractivity contribution in [2.45, 2.75) is 19.4 Å². The third-order valence-corrected chi connectivity index (χ3v) is 2.86. The summed E-state index contributed by atoms with van der Waals surface area (Å²) in [6.45, 7) is 3.68. The highest BCUT2D eigenvalue weighted by molar-refractivity contribution is 5.79. The van der Waals surface area contributed by atoms with Crippen LogP contribution in [0.2, 0.25) is 0 Å². The molecule has 3 atom stereocenters. The molecule has 1 heterocycles. The minimum atomic E-state index is -1.40. The fraction of sp³-hybridized carbons (Fsp3) is 0.800. The molecule has 1 unspecified atom stereocenters. The number of hydrogen-bond donors (Lipinski definition) is 4. The summed E-state index contributed by atoms with van der Waals surface area (Å²) in [5.41, 5.74) is 0. The third kappa shape index (κ3) is 3.46. The SMILES string of the molecule is C[C@@H]1CNC[C@H]1C(=O)NCCC(O)C(=O)O. The predicted octanol–water partition coefficient (Wildman–Crippen LogP) is -1.21. The van der Waals surface area contributed by atoms with Gasteiger partial charge in [0.15, 0.2) is 6.10 Å². The first-order valence-electron chi connectivity index (χ1n) is 5.41. The highest BCUT2D eigenvalue weighted by Crippen LogP contribution is 2.15. The summed E-state index contributed by atoms with van der Waals surface area (Å²) in [4.78, 5) is 21.9. The number of amides is 1. The summed E-state index contributed by atoms with van der Waals surface area (Å²) in [5, 5.41) is 23.2.